The summed E-state index contributed by atoms with van der Waals surface area (Å²) in [5, 5.41) is 0.297. The van der Waals surface area contributed by atoms with Gasteiger partial charge in [0.05, 0.1) is 0 Å². The normalized spacial score (nSPS) is 10.6. The maximum Gasteiger partial charge on any atom is 0.264 e. The Morgan fingerprint density at radius 3 is 2.64 bits per heavy atom. The number of hydrogen-bond acceptors (Lipinski definition) is 1. The summed E-state index contributed by atoms with van der Waals surface area (Å²) in [6.45, 7) is 1.62. The van der Waals surface area contributed by atoms with Crippen LogP contribution in [0.15, 0.2) is 18.2 Å². The molecule has 0 bridgehead atoms. The molecule has 0 aliphatic heterocycles. The van der Waals surface area contributed by atoms with Crippen LogP contribution < -0.4 is 0 Å². The fourth-order valence-electron chi connectivity index (χ4n) is 1.15. The number of benzene rings is 1. The molecule has 14 heavy (non-hydrogen) atoms. The van der Waals surface area contributed by atoms with Gasteiger partial charge in [0.15, 0.2) is 5.78 Å². The Morgan fingerprint density at radius 1 is 1.50 bits per heavy atom. The number of rotatable bonds is 3. The van der Waals surface area contributed by atoms with Gasteiger partial charge in [-0.05, 0) is 12.1 Å². The van der Waals surface area contributed by atoms with Gasteiger partial charge in [-0.25, -0.2) is 8.78 Å². The van der Waals surface area contributed by atoms with Crippen molar-refractivity contribution in [3.05, 3.63) is 34.3 Å². The van der Waals surface area contributed by atoms with Crippen molar-refractivity contribution in [2.24, 2.45) is 0 Å². The Hall–Kier alpha value is -0.960. The summed E-state index contributed by atoms with van der Waals surface area (Å²) in [5.41, 5.74) is -0.226. The number of halogens is 3. The molecule has 1 aromatic rings. The van der Waals surface area contributed by atoms with Crippen molar-refractivity contribution in [3.8, 4) is 0 Å². The third-order valence-electron chi connectivity index (χ3n) is 1.87. The van der Waals surface area contributed by atoms with Crippen LogP contribution in [0.3, 0.4) is 0 Å². The molecule has 0 radical (unpaired) electrons. The van der Waals surface area contributed by atoms with E-state index in [9.17, 15) is 13.6 Å². The summed E-state index contributed by atoms with van der Waals surface area (Å²) in [4.78, 5) is 11.3. The molecule has 0 heterocycles. The zero-order valence-electron chi connectivity index (χ0n) is 7.56. The first-order valence-electron chi connectivity index (χ1n) is 4.17. The first-order chi connectivity index (χ1) is 6.56. The van der Waals surface area contributed by atoms with E-state index < -0.39 is 6.43 Å². The van der Waals surface area contributed by atoms with E-state index >= 15 is 0 Å². The lowest BCUT2D eigenvalue weighted by Crippen LogP contribution is -2.02. The molecule has 4 heteroatoms. The predicted molar refractivity (Wildman–Crippen MR) is 51.0 cm³/mol. The largest absolute Gasteiger partial charge is 0.294 e. The maximum atomic E-state index is 12.5. The van der Waals surface area contributed by atoms with Crippen LogP contribution in [0.5, 0.6) is 0 Å². The molecule has 0 aliphatic carbocycles. The lowest BCUT2D eigenvalue weighted by molar-refractivity contribution is 0.0974. The Balaban J connectivity index is 3.22. The van der Waals surface area contributed by atoms with Gasteiger partial charge >= 0.3 is 0 Å². The van der Waals surface area contributed by atoms with E-state index in [1.54, 1.807) is 6.92 Å². The SMILES string of the molecule is CCC(=O)c1cc(Cl)ccc1C(F)F. The van der Waals surface area contributed by atoms with Gasteiger partial charge in [-0.3, -0.25) is 4.79 Å². The van der Waals surface area contributed by atoms with Gasteiger partial charge < -0.3 is 0 Å². The molecular formula is C10H9ClF2O. The van der Waals surface area contributed by atoms with Crippen LogP contribution in [0.2, 0.25) is 5.02 Å². The summed E-state index contributed by atoms with van der Waals surface area (Å²) in [6, 6.07) is 3.83. The first kappa shape index (κ1) is 11.1. The average molecular weight is 219 g/mol. The van der Waals surface area contributed by atoms with Crippen molar-refractivity contribution in [2.75, 3.05) is 0 Å². The van der Waals surface area contributed by atoms with Crippen molar-refractivity contribution >= 4 is 17.4 Å². The van der Waals surface area contributed by atoms with Crippen LogP contribution >= 0.6 is 11.6 Å². The van der Waals surface area contributed by atoms with Gasteiger partial charge in [0.2, 0.25) is 0 Å². The molecule has 0 saturated carbocycles. The van der Waals surface area contributed by atoms with E-state index in [4.69, 9.17) is 11.6 Å². The molecule has 0 aliphatic rings. The van der Waals surface area contributed by atoms with E-state index in [-0.39, 0.29) is 23.3 Å². The molecular weight excluding hydrogens is 210 g/mol. The minimum Gasteiger partial charge on any atom is -0.294 e. The lowest BCUT2D eigenvalue weighted by atomic mass is 10.0. The molecule has 0 unspecified atom stereocenters. The number of carbonyl (C=O) groups excluding carboxylic acids is 1. The van der Waals surface area contributed by atoms with Crippen molar-refractivity contribution in [1.29, 1.82) is 0 Å². The van der Waals surface area contributed by atoms with Gasteiger partial charge in [0, 0.05) is 22.6 Å². The van der Waals surface area contributed by atoms with Crippen LogP contribution in [0.25, 0.3) is 0 Å². The van der Waals surface area contributed by atoms with E-state index in [0.29, 0.717) is 5.02 Å². The quantitative estimate of drug-likeness (QED) is 0.704. The molecule has 0 saturated heterocycles. The smallest absolute Gasteiger partial charge is 0.264 e. The fraction of sp³-hybridized carbons (Fsp3) is 0.300. The standard InChI is InChI=1S/C10H9ClF2O/c1-2-9(14)8-5-6(11)3-4-7(8)10(12)13/h3-5,10H,2H2,1H3. The van der Waals surface area contributed by atoms with E-state index in [1.165, 1.54) is 18.2 Å². The number of Topliss-reactive ketones (excluding diaryl/α,β-unsaturated/α-hetero) is 1. The van der Waals surface area contributed by atoms with Crippen LogP contribution in [-0.4, -0.2) is 5.78 Å². The summed E-state index contributed by atoms with van der Waals surface area (Å²) >= 11 is 5.63. The zero-order chi connectivity index (χ0) is 10.7. The molecule has 0 fully saturated rings. The first-order valence-corrected chi connectivity index (χ1v) is 4.54. The second kappa shape index (κ2) is 4.51. The van der Waals surface area contributed by atoms with E-state index in [0.717, 1.165) is 0 Å². The number of hydrogen-bond donors (Lipinski definition) is 0. The fourth-order valence-corrected chi connectivity index (χ4v) is 1.32. The Kier molecular flexibility index (Phi) is 3.58. The minimum atomic E-state index is -2.64. The zero-order valence-corrected chi connectivity index (χ0v) is 8.31. The highest BCUT2D eigenvalue weighted by Crippen LogP contribution is 2.26. The Bertz CT molecular complexity index is 350. The summed E-state index contributed by atoms with van der Waals surface area (Å²) < 4.78 is 24.9. The van der Waals surface area contributed by atoms with E-state index in [2.05, 4.69) is 0 Å². The summed E-state index contributed by atoms with van der Waals surface area (Å²) in [6.07, 6.45) is -2.45. The molecule has 1 nitrogen and oxygen atoms in total. The number of alkyl halides is 2. The Labute approximate surface area is 85.7 Å². The molecule has 76 valence electrons. The van der Waals surface area contributed by atoms with Gasteiger partial charge in [-0.15, -0.1) is 0 Å². The van der Waals surface area contributed by atoms with Crippen LogP contribution in [0, 0.1) is 0 Å². The van der Waals surface area contributed by atoms with Gasteiger partial charge in [-0.2, -0.15) is 0 Å². The second-order valence-electron chi connectivity index (χ2n) is 2.81. The molecule has 0 atom stereocenters. The van der Waals surface area contributed by atoms with Gasteiger partial charge in [0.25, 0.3) is 6.43 Å². The molecule has 0 spiro atoms. The highest BCUT2D eigenvalue weighted by molar-refractivity contribution is 6.31. The van der Waals surface area contributed by atoms with Gasteiger partial charge in [-0.1, -0.05) is 24.6 Å². The highest BCUT2D eigenvalue weighted by atomic mass is 35.5. The van der Waals surface area contributed by atoms with Crippen LogP contribution in [-0.2, 0) is 0 Å². The van der Waals surface area contributed by atoms with E-state index in [1.807, 2.05) is 0 Å². The molecule has 1 rings (SSSR count). The lowest BCUT2D eigenvalue weighted by Gasteiger charge is -2.06. The van der Waals surface area contributed by atoms with Crippen molar-refractivity contribution < 1.29 is 13.6 Å². The Morgan fingerprint density at radius 2 is 2.14 bits per heavy atom. The summed E-state index contributed by atoms with van der Waals surface area (Å²) in [5.74, 6) is -0.317. The van der Waals surface area contributed by atoms with Crippen molar-refractivity contribution in [1.82, 2.24) is 0 Å². The highest BCUT2D eigenvalue weighted by Gasteiger charge is 2.17. The molecule has 0 aromatic heterocycles. The summed E-state index contributed by atoms with van der Waals surface area (Å²) in [7, 11) is 0. The van der Waals surface area contributed by atoms with Gasteiger partial charge in [0.1, 0.15) is 0 Å². The molecule has 0 amide bonds. The number of ketones is 1. The van der Waals surface area contributed by atoms with Crippen LogP contribution in [0.4, 0.5) is 8.78 Å². The third-order valence-corrected chi connectivity index (χ3v) is 2.11. The third kappa shape index (κ3) is 2.29. The van der Waals surface area contributed by atoms with Crippen LogP contribution in [0.1, 0.15) is 35.7 Å². The monoisotopic (exact) mass is 218 g/mol. The topological polar surface area (TPSA) is 17.1 Å². The second-order valence-corrected chi connectivity index (χ2v) is 3.25. The van der Waals surface area contributed by atoms with Crippen molar-refractivity contribution in [2.45, 2.75) is 19.8 Å². The minimum absolute atomic E-state index is 0.0231. The molecule has 1 aromatic carbocycles. The number of carbonyl (C=O) groups is 1. The average Bonchev–Trinajstić information content (AvgIpc) is 2.16. The van der Waals surface area contributed by atoms with Crippen molar-refractivity contribution in [3.63, 3.8) is 0 Å². The predicted octanol–water partition coefficient (Wildman–Crippen LogP) is 3.87. The molecule has 0 N–H and O–H groups in total. The maximum absolute atomic E-state index is 12.5.